The number of ether oxygens (including phenoxy) is 1. The van der Waals surface area contributed by atoms with Crippen LogP contribution in [0.5, 0.6) is 0 Å². The largest absolute Gasteiger partial charge is 0.618 e. The SMILES string of the molecule is O=C1c2ccccc2C(=O)c2c1nc1ccc(N3CCOCC3)cc1[n+]2[O-]. The number of carbonyl (C=O) groups excluding carboxylic acids is 2. The van der Waals surface area contributed by atoms with E-state index in [1.54, 1.807) is 36.4 Å². The molecule has 1 fully saturated rings. The number of nitrogens with zero attached hydrogens (tertiary/aromatic N) is 3. The number of ketones is 2. The van der Waals surface area contributed by atoms with Crippen LogP contribution >= 0.6 is 0 Å². The van der Waals surface area contributed by atoms with E-state index in [4.69, 9.17) is 4.74 Å². The summed E-state index contributed by atoms with van der Waals surface area (Å²) in [4.78, 5) is 32.1. The first-order valence-electron chi connectivity index (χ1n) is 8.73. The number of morpholine rings is 1. The third-order valence-corrected chi connectivity index (χ3v) is 5.06. The molecule has 1 aliphatic heterocycles. The average molecular weight is 361 g/mol. The van der Waals surface area contributed by atoms with Crippen molar-refractivity contribution < 1.29 is 19.1 Å². The van der Waals surface area contributed by atoms with E-state index in [1.165, 1.54) is 0 Å². The fourth-order valence-electron chi connectivity index (χ4n) is 3.67. The summed E-state index contributed by atoms with van der Waals surface area (Å²) in [6.07, 6.45) is 0. The molecule has 0 N–H and O–H groups in total. The van der Waals surface area contributed by atoms with Gasteiger partial charge in [-0.3, -0.25) is 9.59 Å². The Morgan fingerprint density at radius 2 is 1.70 bits per heavy atom. The summed E-state index contributed by atoms with van der Waals surface area (Å²) in [5, 5.41) is 13.0. The van der Waals surface area contributed by atoms with E-state index in [-0.39, 0.29) is 28.0 Å². The fourth-order valence-corrected chi connectivity index (χ4v) is 3.67. The second-order valence-electron chi connectivity index (χ2n) is 6.58. The average Bonchev–Trinajstić information content (AvgIpc) is 2.72. The summed E-state index contributed by atoms with van der Waals surface area (Å²) in [5.74, 6) is -0.870. The summed E-state index contributed by atoms with van der Waals surface area (Å²) in [7, 11) is 0. The van der Waals surface area contributed by atoms with Crippen molar-refractivity contribution in [2.24, 2.45) is 0 Å². The smallest absolute Gasteiger partial charge is 0.295 e. The molecule has 0 spiro atoms. The molecule has 27 heavy (non-hydrogen) atoms. The van der Waals surface area contributed by atoms with Crippen molar-refractivity contribution >= 4 is 28.3 Å². The van der Waals surface area contributed by atoms with Crippen molar-refractivity contribution in [3.8, 4) is 0 Å². The first-order chi connectivity index (χ1) is 13.1. The molecular weight excluding hydrogens is 346 g/mol. The summed E-state index contributed by atoms with van der Waals surface area (Å²) in [6.45, 7) is 2.71. The van der Waals surface area contributed by atoms with Gasteiger partial charge in [0.15, 0.2) is 5.69 Å². The number of hydrogen-bond acceptors (Lipinski definition) is 6. The van der Waals surface area contributed by atoms with E-state index in [0.29, 0.717) is 23.5 Å². The maximum absolute atomic E-state index is 13.0. The lowest BCUT2D eigenvalue weighted by molar-refractivity contribution is -0.579. The maximum Gasteiger partial charge on any atom is 0.295 e. The van der Waals surface area contributed by atoms with Gasteiger partial charge in [-0.1, -0.05) is 24.3 Å². The van der Waals surface area contributed by atoms with Crippen molar-refractivity contribution in [2.75, 3.05) is 31.2 Å². The maximum atomic E-state index is 13.0. The summed E-state index contributed by atoms with van der Waals surface area (Å²) in [5.41, 5.74) is 1.77. The lowest BCUT2D eigenvalue weighted by Gasteiger charge is -2.28. The molecule has 134 valence electrons. The number of carbonyl (C=O) groups is 2. The van der Waals surface area contributed by atoms with E-state index >= 15 is 0 Å². The molecule has 7 heteroatoms. The minimum Gasteiger partial charge on any atom is -0.618 e. The molecule has 7 nitrogen and oxygen atoms in total. The molecule has 0 bridgehead atoms. The van der Waals surface area contributed by atoms with Crippen LogP contribution in [0.25, 0.3) is 11.0 Å². The first kappa shape index (κ1) is 15.9. The normalized spacial score (nSPS) is 16.4. The second-order valence-corrected chi connectivity index (χ2v) is 6.58. The highest BCUT2D eigenvalue weighted by Gasteiger charge is 2.38. The molecule has 5 rings (SSSR count). The van der Waals surface area contributed by atoms with Gasteiger partial charge in [-0.25, -0.2) is 4.98 Å². The Morgan fingerprint density at radius 3 is 2.44 bits per heavy atom. The van der Waals surface area contributed by atoms with Gasteiger partial charge in [-0.2, -0.15) is 4.73 Å². The lowest BCUT2D eigenvalue weighted by Crippen LogP contribution is -2.42. The number of benzene rings is 2. The topological polar surface area (TPSA) is 86.4 Å². The molecule has 0 unspecified atom stereocenters. The van der Waals surface area contributed by atoms with Crippen LogP contribution in [-0.4, -0.2) is 42.9 Å². The van der Waals surface area contributed by atoms with Gasteiger partial charge in [0.05, 0.1) is 13.2 Å². The number of anilines is 1. The van der Waals surface area contributed by atoms with Crippen LogP contribution in [0.1, 0.15) is 32.1 Å². The highest BCUT2D eigenvalue weighted by molar-refractivity contribution is 6.26. The van der Waals surface area contributed by atoms with Crippen LogP contribution in [0.2, 0.25) is 0 Å². The molecule has 0 radical (unpaired) electrons. The Morgan fingerprint density at radius 1 is 1.00 bits per heavy atom. The van der Waals surface area contributed by atoms with Crippen molar-refractivity contribution in [2.45, 2.75) is 0 Å². The van der Waals surface area contributed by atoms with Crippen molar-refractivity contribution in [3.63, 3.8) is 0 Å². The quantitative estimate of drug-likeness (QED) is 0.377. The standard InChI is InChI=1S/C20H15N3O4/c24-19-13-3-1-2-4-14(13)20(25)18-17(19)21-15-6-5-12(11-16(15)23(18)26)22-7-9-27-10-8-22/h1-6,11H,7-10H2. The molecular formula is C20H15N3O4. The Balaban J connectivity index is 1.71. The zero-order valence-corrected chi connectivity index (χ0v) is 14.3. The van der Waals surface area contributed by atoms with Gasteiger partial charge in [0.2, 0.25) is 11.3 Å². The predicted octanol–water partition coefficient (Wildman–Crippen LogP) is 1.48. The van der Waals surface area contributed by atoms with E-state index in [2.05, 4.69) is 9.88 Å². The molecule has 1 saturated heterocycles. The molecule has 1 aromatic heterocycles. The van der Waals surface area contributed by atoms with Gasteiger partial charge in [-0.15, -0.1) is 0 Å². The van der Waals surface area contributed by atoms with Crippen LogP contribution in [-0.2, 0) is 4.74 Å². The Bertz CT molecular complexity index is 1120. The van der Waals surface area contributed by atoms with E-state index < -0.39 is 11.6 Å². The van der Waals surface area contributed by atoms with Gasteiger partial charge >= 0.3 is 0 Å². The zero-order valence-electron chi connectivity index (χ0n) is 14.3. The minimum absolute atomic E-state index is 0.0830. The molecule has 0 atom stereocenters. The van der Waals surface area contributed by atoms with Crippen LogP contribution in [0.15, 0.2) is 42.5 Å². The van der Waals surface area contributed by atoms with Crippen LogP contribution in [0.3, 0.4) is 0 Å². The van der Waals surface area contributed by atoms with Gasteiger partial charge in [0, 0.05) is 36.0 Å². The zero-order chi connectivity index (χ0) is 18.5. The van der Waals surface area contributed by atoms with Crippen molar-refractivity contribution in [1.29, 1.82) is 0 Å². The third-order valence-electron chi connectivity index (χ3n) is 5.06. The second kappa shape index (κ2) is 5.85. The predicted molar refractivity (Wildman–Crippen MR) is 97.0 cm³/mol. The third kappa shape index (κ3) is 2.32. The van der Waals surface area contributed by atoms with Crippen LogP contribution in [0.4, 0.5) is 5.69 Å². The minimum atomic E-state index is -0.471. The highest BCUT2D eigenvalue weighted by atomic mass is 16.5. The molecule has 2 aromatic carbocycles. The summed E-state index contributed by atoms with van der Waals surface area (Å²) >= 11 is 0. The Hall–Kier alpha value is -3.32. The molecule has 2 heterocycles. The van der Waals surface area contributed by atoms with Crippen molar-refractivity contribution in [3.05, 3.63) is 70.2 Å². The highest BCUT2D eigenvalue weighted by Crippen LogP contribution is 2.27. The molecule has 1 aliphatic carbocycles. The molecule has 0 amide bonds. The van der Waals surface area contributed by atoms with Gasteiger partial charge in [0.25, 0.3) is 11.5 Å². The van der Waals surface area contributed by atoms with E-state index in [1.807, 2.05) is 6.07 Å². The van der Waals surface area contributed by atoms with Crippen LogP contribution < -0.4 is 9.63 Å². The van der Waals surface area contributed by atoms with Gasteiger partial charge < -0.3 is 14.8 Å². The fraction of sp³-hybridized carbons (Fsp3) is 0.200. The van der Waals surface area contributed by atoms with E-state index in [9.17, 15) is 14.8 Å². The number of fused-ring (bicyclic) bond motifs is 3. The van der Waals surface area contributed by atoms with Gasteiger partial charge in [-0.05, 0) is 12.1 Å². The first-order valence-corrected chi connectivity index (χ1v) is 8.73. The lowest BCUT2D eigenvalue weighted by atomic mass is 9.89. The summed E-state index contributed by atoms with van der Waals surface area (Å²) < 4.78 is 5.92. The molecule has 0 saturated carbocycles. The number of rotatable bonds is 1. The molecule has 2 aliphatic rings. The number of hydrogen-bond donors (Lipinski definition) is 0. The van der Waals surface area contributed by atoms with Gasteiger partial charge in [0.1, 0.15) is 5.52 Å². The molecule has 3 aromatic rings. The Labute approximate surface area is 154 Å². The Kier molecular flexibility index (Phi) is 3.45. The monoisotopic (exact) mass is 361 g/mol. The van der Waals surface area contributed by atoms with Crippen molar-refractivity contribution in [1.82, 2.24) is 4.98 Å². The van der Waals surface area contributed by atoms with E-state index in [0.717, 1.165) is 18.8 Å². The van der Waals surface area contributed by atoms with Crippen LogP contribution in [0, 0.1) is 5.21 Å². The summed E-state index contributed by atoms with van der Waals surface area (Å²) in [6, 6.07) is 11.8. The number of aromatic nitrogens is 2.